The van der Waals surface area contributed by atoms with Gasteiger partial charge in [-0.1, -0.05) is 12.1 Å². The second kappa shape index (κ2) is 19.1. The normalized spacial score (nSPS) is 16.1. The molecular formula is C34H38F2N8O10. The van der Waals surface area contributed by atoms with Crippen molar-refractivity contribution in [1.29, 1.82) is 5.26 Å². The van der Waals surface area contributed by atoms with E-state index in [1.165, 1.54) is 12.3 Å². The van der Waals surface area contributed by atoms with Crippen LogP contribution in [0, 0.1) is 11.3 Å². The number of carbonyl (C=O) groups is 8. The summed E-state index contributed by atoms with van der Waals surface area (Å²) in [7, 11) is 0. The molecule has 0 radical (unpaired) electrons. The molecule has 2 aliphatic heterocycles. The van der Waals surface area contributed by atoms with Crippen LogP contribution < -0.4 is 21.3 Å². The number of fused-ring (bicyclic) bond motifs is 1. The smallest absolute Gasteiger partial charge is 0.333 e. The van der Waals surface area contributed by atoms with Crippen LogP contribution in [0.3, 0.4) is 0 Å². The van der Waals surface area contributed by atoms with Crippen LogP contribution >= 0.6 is 0 Å². The van der Waals surface area contributed by atoms with Crippen molar-refractivity contribution in [2.24, 2.45) is 0 Å². The largest absolute Gasteiger partial charge is 0.378 e. The number of ether oxygens (including phenoxy) is 1. The highest BCUT2D eigenvalue weighted by molar-refractivity contribution is 6.11. The maximum absolute atomic E-state index is 13.7. The molecule has 2 aliphatic rings. The third-order valence-corrected chi connectivity index (χ3v) is 8.13. The number of carbonyl (C=O) groups excluding carboxylic acids is 8. The van der Waals surface area contributed by atoms with E-state index in [1.54, 1.807) is 24.3 Å². The predicted octanol–water partition coefficient (Wildman–Crippen LogP) is 0.470. The molecule has 0 aliphatic carbocycles. The monoisotopic (exact) mass is 756 g/mol. The molecule has 7 amide bonds. The van der Waals surface area contributed by atoms with Crippen molar-refractivity contribution in [1.82, 2.24) is 30.9 Å². The van der Waals surface area contributed by atoms with Crippen molar-refractivity contribution in [3.05, 3.63) is 36.0 Å². The van der Waals surface area contributed by atoms with Gasteiger partial charge in [0.15, 0.2) is 0 Å². The number of imide groups is 1. The van der Waals surface area contributed by atoms with Crippen molar-refractivity contribution >= 4 is 63.9 Å². The number of alkyl halides is 2. The Labute approximate surface area is 306 Å². The predicted molar refractivity (Wildman–Crippen MR) is 180 cm³/mol. The number of para-hydroxylation sites is 1. The van der Waals surface area contributed by atoms with Crippen LogP contribution in [0.2, 0.25) is 0 Å². The fraction of sp³-hybridized carbons (Fsp3) is 0.471. The van der Waals surface area contributed by atoms with Crippen molar-refractivity contribution in [2.75, 3.05) is 44.7 Å². The van der Waals surface area contributed by atoms with Gasteiger partial charge in [0.1, 0.15) is 6.04 Å². The van der Waals surface area contributed by atoms with Crippen LogP contribution in [-0.2, 0) is 43.1 Å². The number of hydroxylamine groups is 2. The number of nitrogens with zero attached hydrogens (tertiary/aromatic N) is 4. The molecule has 2 aromatic rings. The number of likely N-dealkylation sites (tertiary alicyclic amines) is 1. The Kier molecular flexibility index (Phi) is 14.4. The fourth-order valence-corrected chi connectivity index (χ4v) is 5.46. The van der Waals surface area contributed by atoms with Gasteiger partial charge in [-0.2, -0.15) is 5.26 Å². The van der Waals surface area contributed by atoms with Gasteiger partial charge in [-0.15, -0.1) is 5.06 Å². The van der Waals surface area contributed by atoms with Gasteiger partial charge in [-0.05, 0) is 18.6 Å². The summed E-state index contributed by atoms with van der Waals surface area (Å²) in [5, 5.41) is 20.2. The molecule has 0 saturated carbocycles. The fourth-order valence-electron chi connectivity index (χ4n) is 5.46. The molecule has 288 valence electrons. The summed E-state index contributed by atoms with van der Waals surface area (Å²) in [5.41, 5.74) is 0.612. The number of amides is 7. The van der Waals surface area contributed by atoms with Gasteiger partial charge in [-0.25, -0.2) is 13.6 Å². The van der Waals surface area contributed by atoms with E-state index < -0.39 is 72.9 Å². The van der Waals surface area contributed by atoms with Crippen molar-refractivity contribution in [2.45, 2.75) is 63.3 Å². The van der Waals surface area contributed by atoms with Crippen LogP contribution in [0.15, 0.2) is 30.5 Å². The first-order chi connectivity index (χ1) is 25.8. The number of aromatic nitrogens is 1. The van der Waals surface area contributed by atoms with Gasteiger partial charge in [0.25, 0.3) is 23.6 Å². The molecule has 1 aromatic heterocycles. The average Bonchev–Trinajstić information content (AvgIpc) is 3.64. The maximum atomic E-state index is 13.7. The number of nitriles is 1. The van der Waals surface area contributed by atoms with Gasteiger partial charge in [0, 0.05) is 69.6 Å². The molecule has 1 aromatic carbocycles. The lowest BCUT2D eigenvalue weighted by Gasteiger charge is -2.19. The first-order valence-electron chi connectivity index (χ1n) is 17.0. The minimum atomic E-state index is -3.19. The van der Waals surface area contributed by atoms with Crippen LogP contribution in [0.5, 0.6) is 0 Å². The number of pyridine rings is 1. The lowest BCUT2D eigenvalue weighted by atomic mass is 10.1. The molecule has 18 nitrogen and oxygen atoms in total. The Balaban J connectivity index is 1.09. The zero-order valence-corrected chi connectivity index (χ0v) is 29.0. The number of halogens is 2. The highest BCUT2D eigenvalue weighted by Crippen LogP contribution is 2.31. The Morgan fingerprint density at radius 1 is 0.907 bits per heavy atom. The SMILES string of the molecule is N#C[C@@H]1CC(F)(F)CN1C(=O)CNC(=O)c1ccnc2c(NC(=O)CCC(=O)NCCOCCNC(=O)CCCC(=O)ON3C(=O)CCC3=O)cccc12. The number of benzene rings is 1. The summed E-state index contributed by atoms with van der Waals surface area (Å²) < 4.78 is 32.8. The Morgan fingerprint density at radius 2 is 1.57 bits per heavy atom. The highest BCUT2D eigenvalue weighted by atomic mass is 19.3. The maximum Gasteiger partial charge on any atom is 0.333 e. The third-order valence-electron chi connectivity index (χ3n) is 8.13. The van der Waals surface area contributed by atoms with Crippen LogP contribution in [0.25, 0.3) is 10.9 Å². The van der Waals surface area contributed by atoms with E-state index in [4.69, 9.17) is 14.8 Å². The minimum absolute atomic E-state index is 0.0112. The summed E-state index contributed by atoms with van der Waals surface area (Å²) in [4.78, 5) is 107. The first-order valence-corrected chi connectivity index (χ1v) is 17.0. The Morgan fingerprint density at radius 3 is 2.26 bits per heavy atom. The zero-order chi connectivity index (χ0) is 39.3. The number of hydrogen-bond acceptors (Lipinski definition) is 12. The summed E-state index contributed by atoms with van der Waals surface area (Å²) in [6.45, 7) is -0.922. The third kappa shape index (κ3) is 11.7. The molecule has 2 saturated heterocycles. The molecule has 4 rings (SSSR count). The van der Waals surface area contributed by atoms with Crippen molar-refractivity contribution < 1.29 is 56.7 Å². The Hall–Kier alpha value is -6.10. The number of rotatable bonds is 18. The van der Waals surface area contributed by atoms with Gasteiger partial charge >= 0.3 is 5.97 Å². The Bertz CT molecular complexity index is 1820. The van der Waals surface area contributed by atoms with E-state index >= 15 is 0 Å². The summed E-state index contributed by atoms with van der Waals surface area (Å²) in [6, 6.07) is 6.45. The molecule has 3 heterocycles. The van der Waals surface area contributed by atoms with E-state index in [0.29, 0.717) is 10.4 Å². The standard InChI is InChI=1S/C34H38F2N8O10/c35-34(36)17-21(18-37)43(20-34)30(50)19-41-33(52)23-11-12-40-32-22(23)3-1-4-24(32)42-27(47)8-7-26(46)39-14-16-53-15-13-38-25(45)5-2-6-31(51)54-44-28(48)9-10-29(44)49/h1,3-4,11-12,21H,2,5-10,13-17,19-20H2,(H,38,45)(H,39,46)(H,41,52)(H,42,47)/t21-/m0/s1. The van der Waals surface area contributed by atoms with Gasteiger partial charge in [-0.3, -0.25) is 38.5 Å². The van der Waals surface area contributed by atoms with Crippen LogP contribution in [0.1, 0.15) is 61.7 Å². The topological polar surface area (TPSA) is 246 Å². The summed E-state index contributed by atoms with van der Waals surface area (Å²) in [6.07, 6.45) is 0.208. The molecule has 20 heteroatoms. The quantitative estimate of drug-likeness (QED) is 0.120. The molecular weight excluding hydrogens is 718 g/mol. The minimum Gasteiger partial charge on any atom is -0.378 e. The molecule has 4 N–H and O–H groups in total. The summed E-state index contributed by atoms with van der Waals surface area (Å²) >= 11 is 0. The number of nitrogens with one attached hydrogen (secondary N) is 4. The number of hydrogen-bond donors (Lipinski definition) is 4. The molecule has 54 heavy (non-hydrogen) atoms. The molecule has 0 unspecified atom stereocenters. The molecule has 0 spiro atoms. The average molecular weight is 757 g/mol. The van der Waals surface area contributed by atoms with Gasteiger partial charge < -0.3 is 35.7 Å². The van der Waals surface area contributed by atoms with E-state index in [0.717, 1.165) is 4.90 Å². The van der Waals surface area contributed by atoms with Crippen LogP contribution in [0.4, 0.5) is 14.5 Å². The van der Waals surface area contributed by atoms with E-state index in [-0.39, 0.29) is 93.9 Å². The second-order valence-corrected chi connectivity index (χ2v) is 12.2. The molecule has 2 fully saturated rings. The summed E-state index contributed by atoms with van der Waals surface area (Å²) in [5.74, 6) is -7.94. The second-order valence-electron chi connectivity index (χ2n) is 12.2. The van der Waals surface area contributed by atoms with E-state index in [9.17, 15) is 47.1 Å². The van der Waals surface area contributed by atoms with Gasteiger partial charge in [0.05, 0.1) is 49.1 Å². The number of anilines is 1. The first kappa shape index (κ1) is 40.7. The van der Waals surface area contributed by atoms with Crippen LogP contribution in [-0.4, -0.2) is 114 Å². The van der Waals surface area contributed by atoms with Crippen molar-refractivity contribution in [3.63, 3.8) is 0 Å². The van der Waals surface area contributed by atoms with E-state index in [1.807, 2.05) is 0 Å². The van der Waals surface area contributed by atoms with Crippen molar-refractivity contribution in [3.8, 4) is 6.07 Å². The van der Waals surface area contributed by atoms with E-state index in [2.05, 4.69) is 26.3 Å². The highest BCUT2D eigenvalue weighted by Gasteiger charge is 2.47. The molecule has 0 bridgehead atoms. The molecule has 1 atom stereocenters. The lowest BCUT2D eigenvalue weighted by molar-refractivity contribution is -0.197. The lowest BCUT2D eigenvalue weighted by Crippen LogP contribution is -2.43. The van der Waals surface area contributed by atoms with Gasteiger partial charge in [0.2, 0.25) is 23.6 Å². The zero-order valence-electron chi connectivity index (χ0n) is 29.0.